The van der Waals surface area contributed by atoms with Crippen LogP contribution in [0.1, 0.15) is 6.92 Å². The molecule has 0 aromatic rings. The van der Waals surface area contributed by atoms with E-state index in [9.17, 15) is 18.0 Å². The van der Waals surface area contributed by atoms with E-state index in [1.165, 1.54) is 0 Å². The van der Waals surface area contributed by atoms with Crippen LogP contribution in [0.25, 0.3) is 0 Å². The molecule has 0 saturated carbocycles. The van der Waals surface area contributed by atoms with Crippen molar-refractivity contribution in [2.45, 2.75) is 6.92 Å². The van der Waals surface area contributed by atoms with Gasteiger partial charge in [-0.3, -0.25) is 10.1 Å². The molecule has 0 heterocycles. The van der Waals surface area contributed by atoms with Gasteiger partial charge in [0.2, 0.25) is 5.91 Å². The zero-order chi connectivity index (χ0) is 11.9. The van der Waals surface area contributed by atoms with E-state index in [0.717, 1.165) is 0 Å². The Morgan fingerprint density at radius 2 is 1.93 bits per heavy atom. The van der Waals surface area contributed by atoms with Crippen LogP contribution in [0.4, 0.5) is 4.79 Å². The second-order valence-corrected chi connectivity index (χ2v) is 5.30. The van der Waals surface area contributed by atoms with Crippen LogP contribution in [0.5, 0.6) is 0 Å². The summed E-state index contributed by atoms with van der Waals surface area (Å²) in [5.41, 5.74) is 4.69. The summed E-state index contributed by atoms with van der Waals surface area (Å²) < 4.78 is 22.0. The normalized spacial score (nSPS) is 11.0. The standard InChI is InChI=1S/C7H15N3O4S/c1-2-15(13,14)4-3-9-5-6(11)10-7(8)12/h9H,2-5H2,1H3,(H3,8,10,11,12). The molecule has 0 atom stereocenters. The van der Waals surface area contributed by atoms with Crippen molar-refractivity contribution in [3.63, 3.8) is 0 Å². The molecule has 0 aliphatic heterocycles. The first-order valence-electron chi connectivity index (χ1n) is 4.38. The highest BCUT2D eigenvalue weighted by molar-refractivity contribution is 7.91. The Morgan fingerprint density at radius 3 is 2.40 bits per heavy atom. The second-order valence-electron chi connectivity index (χ2n) is 2.83. The molecule has 8 heteroatoms. The van der Waals surface area contributed by atoms with Crippen molar-refractivity contribution in [2.75, 3.05) is 24.6 Å². The monoisotopic (exact) mass is 237 g/mol. The summed E-state index contributed by atoms with van der Waals surface area (Å²) in [6, 6.07) is -0.928. The molecule has 4 N–H and O–H groups in total. The molecular weight excluding hydrogens is 222 g/mol. The molecule has 0 fully saturated rings. The summed E-state index contributed by atoms with van der Waals surface area (Å²) in [6.07, 6.45) is 0. The van der Waals surface area contributed by atoms with Gasteiger partial charge in [0.15, 0.2) is 9.84 Å². The van der Waals surface area contributed by atoms with Gasteiger partial charge in [0, 0.05) is 12.3 Å². The summed E-state index contributed by atoms with van der Waals surface area (Å²) in [6.45, 7) is 1.58. The highest BCUT2D eigenvalue weighted by atomic mass is 32.2. The lowest BCUT2D eigenvalue weighted by Crippen LogP contribution is -2.41. The molecule has 0 spiro atoms. The number of hydrogen-bond donors (Lipinski definition) is 3. The lowest BCUT2D eigenvalue weighted by molar-refractivity contribution is -0.119. The number of nitrogens with one attached hydrogen (secondary N) is 2. The van der Waals surface area contributed by atoms with E-state index in [4.69, 9.17) is 5.73 Å². The van der Waals surface area contributed by atoms with Gasteiger partial charge in [-0.15, -0.1) is 0 Å². The van der Waals surface area contributed by atoms with Crippen molar-refractivity contribution >= 4 is 21.8 Å². The molecule has 0 unspecified atom stereocenters. The van der Waals surface area contributed by atoms with Gasteiger partial charge >= 0.3 is 6.03 Å². The number of carbonyl (C=O) groups excluding carboxylic acids is 2. The van der Waals surface area contributed by atoms with Crippen LogP contribution >= 0.6 is 0 Å². The fourth-order valence-corrected chi connectivity index (χ4v) is 1.50. The Balaban J connectivity index is 3.64. The van der Waals surface area contributed by atoms with Crippen molar-refractivity contribution in [1.82, 2.24) is 10.6 Å². The van der Waals surface area contributed by atoms with E-state index in [2.05, 4.69) is 5.32 Å². The number of sulfone groups is 1. The third-order valence-electron chi connectivity index (χ3n) is 1.58. The summed E-state index contributed by atoms with van der Waals surface area (Å²) in [4.78, 5) is 21.0. The lowest BCUT2D eigenvalue weighted by Gasteiger charge is -2.04. The number of amides is 3. The molecule has 0 radical (unpaired) electrons. The van der Waals surface area contributed by atoms with Crippen LogP contribution in [0.3, 0.4) is 0 Å². The van der Waals surface area contributed by atoms with E-state index in [-0.39, 0.29) is 24.6 Å². The number of imide groups is 1. The average molecular weight is 237 g/mol. The fourth-order valence-electron chi connectivity index (χ4n) is 0.756. The first kappa shape index (κ1) is 13.8. The van der Waals surface area contributed by atoms with Gasteiger partial charge in [0.1, 0.15) is 0 Å². The Labute approximate surface area is 88.3 Å². The topological polar surface area (TPSA) is 118 Å². The van der Waals surface area contributed by atoms with Crippen molar-refractivity contribution in [3.8, 4) is 0 Å². The zero-order valence-corrected chi connectivity index (χ0v) is 9.26. The Morgan fingerprint density at radius 1 is 1.33 bits per heavy atom. The molecule has 0 aliphatic carbocycles. The van der Waals surface area contributed by atoms with E-state index in [1.807, 2.05) is 5.32 Å². The Bertz CT molecular complexity index is 325. The SMILES string of the molecule is CCS(=O)(=O)CCNCC(=O)NC(N)=O. The minimum absolute atomic E-state index is 0.0344. The second kappa shape index (κ2) is 6.36. The van der Waals surface area contributed by atoms with Gasteiger partial charge in [-0.05, 0) is 0 Å². The van der Waals surface area contributed by atoms with Crippen LogP contribution < -0.4 is 16.4 Å². The van der Waals surface area contributed by atoms with E-state index >= 15 is 0 Å². The molecule has 88 valence electrons. The highest BCUT2D eigenvalue weighted by Gasteiger charge is 2.07. The summed E-state index contributed by atoms with van der Waals surface area (Å²) >= 11 is 0. The molecule has 0 aromatic heterocycles. The van der Waals surface area contributed by atoms with Crippen LogP contribution in [0, 0.1) is 0 Å². The minimum atomic E-state index is -3.03. The number of hydrogen-bond acceptors (Lipinski definition) is 5. The lowest BCUT2D eigenvalue weighted by atomic mass is 10.5. The number of primary amides is 1. The van der Waals surface area contributed by atoms with Gasteiger partial charge in [0.25, 0.3) is 0 Å². The van der Waals surface area contributed by atoms with Crippen LogP contribution in [-0.4, -0.2) is 45.0 Å². The summed E-state index contributed by atoms with van der Waals surface area (Å²) in [5.74, 6) is -0.549. The number of carbonyl (C=O) groups is 2. The molecule has 7 nitrogen and oxygen atoms in total. The highest BCUT2D eigenvalue weighted by Crippen LogP contribution is 1.86. The largest absolute Gasteiger partial charge is 0.351 e. The number of nitrogens with two attached hydrogens (primary N) is 1. The van der Waals surface area contributed by atoms with Gasteiger partial charge in [-0.1, -0.05) is 6.92 Å². The molecule has 3 amide bonds. The maximum absolute atomic E-state index is 11.0. The number of urea groups is 1. The predicted molar refractivity (Wildman–Crippen MR) is 54.9 cm³/mol. The van der Waals surface area contributed by atoms with Crippen molar-refractivity contribution in [3.05, 3.63) is 0 Å². The van der Waals surface area contributed by atoms with Crippen LogP contribution in [0.15, 0.2) is 0 Å². The van der Waals surface area contributed by atoms with Crippen molar-refractivity contribution in [1.29, 1.82) is 0 Å². The number of rotatable bonds is 6. The Hall–Kier alpha value is -1.15. The third-order valence-corrected chi connectivity index (χ3v) is 3.28. The molecule has 0 aliphatic rings. The van der Waals surface area contributed by atoms with E-state index in [1.54, 1.807) is 6.92 Å². The van der Waals surface area contributed by atoms with Crippen LogP contribution in [-0.2, 0) is 14.6 Å². The van der Waals surface area contributed by atoms with Gasteiger partial charge in [-0.25, -0.2) is 13.2 Å². The molecule has 0 aromatic carbocycles. The van der Waals surface area contributed by atoms with Gasteiger partial charge in [0.05, 0.1) is 12.3 Å². The predicted octanol–water partition coefficient (Wildman–Crippen LogP) is -1.79. The van der Waals surface area contributed by atoms with Crippen molar-refractivity contribution in [2.24, 2.45) is 5.73 Å². The Kier molecular flexibility index (Phi) is 5.87. The quantitative estimate of drug-likeness (QED) is 0.471. The maximum Gasteiger partial charge on any atom is 0.318 e. The summed E-state index contributed by atoms with van der Waals surface area (Å²) in [5, 5.41) is 4.42. The molecule has 0 saturated heterocycles. The third kappa shape index (κ3) is 7.89. The smallest absolute Gasteiger partial charge is 0.318 e. The van der Waals surface area contributed by atoms with Crippen LogP contribution in [0.2, 0.25) is 0 Å². The molecule has 0 bridgehead atoms. The molecular formula is C7H15N3O4S. The summed E-state index contributed by atoms with van der Waals surface area (Å²) in [7, 11) is -3.03. The van der Waals surface area contributed by atoms with Crippen molar-refractivity contribution < 1.29 is 18.0 Å². The maximum atomic E-state index is 11.0. The average Bonchev–Trinajstić information content (AvgIpc) is 2.11. The zero-order valence-electron chi connectivity index (χ0n) is 8.45. The molecule has 0 rings (SSSR count). The first-order chi connectivity index (χ1) is 6.87. The van der Waals surface area contributed by atoms with Gasteiger partial charge < -0.3 is 11.1 Å². The van der Waals surface area contributed by atoms with E-state index in [0.29, 0.717) is 0 Å². The minimum Gasteiger partial charge on any atom is -0.351 e. The fraction of sp³-hybridized carbons (Fsp3) is 0.714. The first-order valence-corrected chi connectivity index (χ1v) is 6.20. The van der Waals surface area contributed by atoms with E-state index < -0.39 is 21.8 Å². The van der Waals surface area contributed by atoms with Gasteiger partial charge in [-0.2, -0.15) is 0 Å². The molecule has 15 heavy (non-hydrogen) atoms.